The number of carbonyl (C=O) groups excluding carboxylic acids is 2. The van der Waals surface area contributed by atoms with Gasteiger partial charge in [-0.2, -0.15) is 0 Å². The molecule has 0 aliphatic carbocycles. The Morgan fingerprint density at radius 3 is 2.41 bits per heavy atom. The van der Waals surface area contributed by atoms with Crippen LogP contribution in [-0.4, -0.2) is 44.9 Å². The van der Waals surface area contributed by atoms with E-state index in [9.17, 15) is 14.7 Å². The number of hydrogen-bond acceptors (Lipinski definition) is 7. The van der Waals surface area contributed by atoms with E-state index in [-0.39, 0.29) is 30.6 Å². The van der Waals surface area contributed by atoms with E-state index in [0.717, 1.165) is 52.4 Å². The number of imidazole rings is 1. The van der Waals surface area contributed by atoms with Gasteiger partial charge in [-0.3, -0.25) is 9.59 Å². The Bertz CT molecular complexity index is 1250. The maximum atomic E-state index is 12.2. The summed E-state index contributed by atoms with van der Waals surface area (Å²) in [5.41, 5.74) is 3.84. The second-order valence-corrected chi connectivity index (χ2v) is 11.3. The van der Waals surface area contributed by atoms with Gasteiger partial charge in [0.05, 0.1) is 18.8 Å². The van der Waals surface area contributed by atoms with E-state index in [1.165, 1.54) is 6.92 Å². The van der Waals surface area contributed by atoms with Crippen molar-refractivity contribution >= 4 is 23.6 Å². The van der Waals surface area contributed by atoms with Gasteiger partial charge >= 0.3 is 0 Å². The van der Waals surface area contributed by atoms with Crippen molar-refractivity contribution in [2.24, 2.45) is 7.05 Å². The number of ether oxygens (including phenoxy) is 2. The van der Waals surface area contributed by atoms with Gasteiger partial charge < -0.3 is 29.8 Å². The topological polar surface area (TPSA) is 115 Å². The monoisotopic (exact) mass is 580 g/mol. The third-order valence-corrected chi connectivity index (χ3v) is 8.18. The first-order chi connectivity index (χ1) is 19.9. The van der Waals surface area contributed by atoms with E-state index in [0.29, 0.717) is 25.9 Å². The van der Waals surface area contributed by atoms with Crippen LogP contribution in [0.4, 0.5) is 0 Å². The number of benzene rings is 2. The van der Waals surface area contributed by atoms with E-state index in [1.807, 2.05) is 66.3 Å². The Morgan fingerprint density at radius 1 is 1.00 bits per heavy atom. The van der Waals surface area contributed by atoms with E-state index < -0.39 is 6.29 Å². The number of unbranched alkanes of at least 4 members (excludes halogenated alkanes) is 2. The molecule has 3 aromatic rings. The number of amides is 2. The summed E-state index contributed by atoms with van der Waals surface area (Å²) in [6.45, 7) is 2.62. The van der Waals surface area contributed by atoms with Gasteiger partial charge in [-0.25, -0.2) is 4.98 Å². The number of aliphatic hydroxyl groups is 1. The Labute approximate surface area is 246 Å². The van der Waals surface area contributed by atoms with Crippen LogP contribution in [0.25, 0.3) is 0 Å². The first kappa shape index (κ1) is 30.8. The number of thioether (sulfide) groups is 1. The molecule has 0 saturated carbocycles. The fourth-order valence-corrected chi connectivity index (χ4v) is 5.56. The summed E-state index contributed by atoms with van der Waals surface area (Å²) in [7, 11) is 1.98. The molecule has 9 nitrogen and oxygen atoms in total. The molecule has 3 N–H and O–H groups in total. The predicted molar refractivity (Wildman–Crippen MR) is 158 cm³/mol. The van der Waals surface area contributed by atoms with Crippen molar-refractivity contribution in [2.45, 2.75) is 75.8 Å². The Kier molecular flexibility index (Phi) is 11.8. The summed E-state index contributed by atoms with van der Waals surface area (Å²) in [5, 5.41) is 16.1. The van der Waals surface area contributed by atoms with Gasteiger partial charge in [-0.1, -0.05) is 66.7 Å². The predicted octanol–water partition coefficient (Wildman–Crippen LogP) is 4.56. The summed E-state index contributed by atoms with van der Waals surface area (Å²) >= 11 is 1.66. The van der Waals surface area contributed by atoms with Crippen molar-refractivity contribution in [1.82, 2.24) is 20.2 Å². The molecule has 1 saturated heterocycles. The Hall–Kier alpha value is -3.18. The Morgan fingerprint density at radius 2 is 1.73 bits per heavy atom. The van der Waals surface area contributed by atoms with Gasteiger partial charge in [0.25, 0.3) is 0 Å². The van der Waals surface area contributed by atoms with Gasteiger partial charge in [0.2, 0.25) is 11.8 Å². The molecule has 2 heterocycles. The molecule has 1 fully saturated rings. The zero-order valence-corrected chi connectivity index (χ0v) is 24.6. The molecular weight excluding hydrogens is 540 g/mol. The normalized spacial score (nSPS) is 18.7. The first-order valence-electron chi connectivity index (χ1n) is 14.1. The third-order valence-electron chi connectivity index (χ3n) is 6.99. The van der Waals surface area contributed by atoms with Gasteiger partial charge in [0.1, 0.15) is 0 Å². The molecule has 1 aliphatic heterocycles. The number of hydrogen-bond donors (Lipinski definition) is 3. The van der Waals surface area contributed by atoms with Crippen molar-refractivity contribution < 1.29 is 24.2 Å². The van der Waals surface area contributed by atoms with Gasteiger partial charge in [-0.05, 0) is 29.5 Å². The van der Waals surface area contributed by atoms with Gasteiger partial charge in [0, 0.05) is 63.6 Å². The lowest BCUT2D eigenvalue weighted by Crippen LogP contribution is -2.31. The quantitative estimate of drug-likeness (QED) is 0.189. The number of nitrogens with zero attached hydrogens (tertiary/aromatic N) is 2. The first-order valence-corrected chi connectivity index (χ1v) is 15.1. The highest BCUT2D eigenvalue weighted by Crippen LogP contribution is 2.39. The van der Waals surface area contributed by atoms with Crippen molar-refractivity contribution in [3.05, 3.63) is 83.2 Å². The highest BCUT2D eigenvalue weighted by Gasteiger charge is 2.32. The smallest absolute Gasteiger partial charge is 0.220 e. The molecule has 10 heteroatoms. The molecule has 3 atom stereocenters. The molecule has 0 unspecified atom stereocenters. The molecule has 2 amide bonds. The van der Waals surface area contributed by atoms with Crippen LogP contribution in [0.5, 0.6) is 0 Å². The van der Waals surface area contributed by atoms with Gasteiger partial charge in [0.15, 0.2) is 11.4 Å². The average molecular weight is 581 g/mol. The maximum absolute atomic E-state index is 12.2. The zero-order chi connectivity index (χ0) is 29.0. The average Bonchev–Trinajstić information content (AvgIpc) is 3.41. The molecule has 4 rings (SSSR count). The number of aryl methyl sites for hydroxylation is 1. The number of carbonyl (C=O) groups is 2. The molecule has 41 heavy (non-hydrogen) atoms. The molecule has 2 aromatic carbocycles. The van der Waals surface area contributed by atoms with Crippen LogP contribution in [0.15, 0.2) is 66.1 Å². The van der Waals surface area contributed by atoms with Crippen molar-refractivity contribution in [2.75, 3.05) is 12.3 Å². The van der Waals surface area contributed by atoms with Crippen LogP contribution in [0.3, 0.4) is 0 Å². The number of rotatable bonds is 14. The van der Waals surface area contributed by atoms with Crippen molar-refractivity contribution in [3.8, 4) is 0 Å². The van der Waals surface area contributed by atoms with Crippen molar-refractivity contribution in [1.29, 1.82) is 0 Å². The van der Waals surface area contributed by atoms with E-state index in [4.69, 9.17) is 9.47 Å². The zero-order valence-electron chi connectivity index (χ0n) is 23.8. The van der Waals surface area contributed by atoms with Crippen molar-refractivity contribution in [3.63, 3.8) is 0 Å². The summed E-state index contributed by atoms with van der Waals surface area (Å²) < 4.78 is 14.9. The van der Waals surface area contributed by atoms with E-state index in [2.05, 4.69) is 15.6 Å². The molecular formula is C31H40N4O5S. The molecule has 1 aromatic heterocycles. The van der Waals surface area contributed by atoms with E-state index >= 15 is 0 Å². The number of nitrogens with one attached hydrogen (secondary N) is 2. The summed E-state index contributed by atoms with van der Waals surface area (Å²) in [5.74, 6) is 0.742. The van der Waals surface area contributed by atoms with Crippen LogP contribution in [0.1, 0.15) is 73.7 Å². The van der Waals surface area contributed by atoms with Crippen LogP contribution in [-0.2, 0) is 39.3 Å². The lowest BCUT2D eigenvalue weighted by molar-refractivity contribution is -0.245. The molecule has 1 aliphatic rings. The summed E-state index contributed by atoms with van der Waals surface area (Å²) in [4.78, 5) is 27.6. The molecule has 220 valence electrons. The third kappa shape index (κ3) is 9.71. The minimum absolute atomic E-state index is 0.00715. The molecule has 0 bridgehead atoms. The second-order valence-electron chi connectivity index (χ2n) is 10.3. The van der Waals surface area contributed by atoms with E-state index in [1.54, 1.807) is 18.0 Å². The molecule has 0 spiro atoms. The Balaban J connectivity index is 1.32. The minimum Gasteiger partial charge on any atom is -0.392 e. The van der Waals surface area contributed by atoms with Crippen LogP contribution in [0, 0.1) is 0 Å². The van der Waals surface area contributed by atoms with Gasteiger partial charge in [-0.15, -0.1) is 0 Å². The van der Waals surface area contributed by atoms with Crippen LogP contribution >= 0.6 is 11.8 Å². The fraction of sp³-hybridized carbons (Fsp3) is 0.452. The SMILES string of the molecule is CC(=O)NCCCCCC(=O)NCc1ccc([C@@H]2O[C@H](CSc3nccn3C)C[C@H](c3ccc(CO)cc3)O2)cc1. The largest absolute Gasteiger partial charge is 0.392 e. The summed E-state index contributed by atoms with van der Waals surface area (Å²) in [6, 6.07) is 15.8. The maximum Gasteiger partial charge on any atom is 0.220 e. The fourth-order valence-electron chi connectivity index (χ4n) is 4.61. The van der Waals surface area contributed by atoms with Crippen LogP contribution in [0.2, 0.25) is 0 Å². The number of aliphatic hydroxyl groups excluding tert-OH is 1. The second kappa shape index (κ2) is 15.7. The highest BCUT2D eigenvalue weighted by atomic mass is 32.2. The molecule has 0 radical (unpaired) electrons. The lowest BCUT2D eigenvalue weighted by Gasteiger charge is -2.36. The lowest BCUT2D eigenvalue weighted by atomic mass is 10.0. The summed E-state index contributed by atoms with van der Waals surface area (Å²) in [6.07, 6.45) is 6.76. The minimum atomic E-state index is -0.528. The number of aromatic nitrogens is 2. The van der Waals surface area contributed by atoms with Crippen LogP contribution < -0.4 is 10.6 Å². The standard InChI is InChI=1S/C31H40N4O5S/c1-22(37)32-15-5-3-4-6-29(38)34-19-23-7-13-26(14-8-23)30-39-27(21-41-31-33-16-17-35(31)2)18-28(40-30)25-11-9-24(20-36)10-12-25/h7-14,16-17,27-28,30,36H,3-6,15,18-21H2,1-2H3,(H,32,37)(H,34,38)/t27-,28+,30+/m0/s1. The highest BCUT2D eigenvalue weighted by molar-refractivity contribution is 7.99.